The lowest BCUT2D eigenvalue weighted by Crippen LogP contribution is -2.38. The maximum Gasteiger partial charge on any atom is 0.335 e. The van der Waals surface area contributed by atoms with Crippen molar-refractivity contribution in [3.63, 3.8) is 0 Å². The number of carboxylic acids is 1. The molecule has 6 heteroatoms. The van der Waals surface area contributed by atoms with E-state index in [0.717, 1.165) is 0 Å². The first-order valence-corrected chi connectivity index (χ1v) is 8.99. The fourth-order valence-electron chi connectivity index (χ4n) is 3.29. The third-order valence-electron chi connectivity index (χ3n) is 4.75. The number of aromatic carboxylic acids is 1. The van der Waals surface area contributed by atoms with Crippen LogP contribution in [-0.4, -0.2) is 58.9 Å². The molecule has 27 heavy (non-hydrogen) atoms. The zero-order valence-corrected chi connectivity index (χ0v) is 15.0. The van der Waals surface area contributed by atoms with Gasteiger partial charge in [0.1, 0.15) is 0 Å². The summed E-state index contributed by atoms with van der Waals surface area (Å²) in [5, 5.41) is 9.27. The lowest BCUT2D eigenvalue weighted by molar-refractivity contribution is -0.130. The van der Waals surface area contributed by atoms with Gasteiger partial charge in [-0.15, -0.1) is 0 Å². The van der Waals surface area contributed by atoms with Gasteiger partial charge >= 0.3 is 5.97 Å². The van der Waals surface area contributed by atoms with Crippen LogP contribution in [0.2, 0.25) is 0 Å². The van der Waals surface area contributed by atoms with Gasteiger partial charge in [-0.2, -0.15) is 0 Å². The van der Waals surface area contributed by atoms with E-state index < -0.39 is 5.97 Å². The van der Waals surface area contributed by atoms with Crippen LogP contribution in [0.1, 0.15) is 32.7 Å². The van der Waals surface area contributed by atoms with E-state index in [4.69, 9.17) is 0 Å². The van der Waals surface area contributed by atoms with Gasteiger partial charge in [-0.05, 0) is 30.2 Å². The largest absolute Gasteiger partial charge is 0.478 e. The average Bonchev–Trinajstić information content (AvgIpc) is 2.94. The number of rotatable bonds is 4. The minimum Gasteiger partial charge on any atom is -0.478 e. The molecule has 6 nitrogen and oxygen atoms in total. The molecule has 1 heterocycles. The predicted octanol–water partition coefficient (Wildman–Crippen LogP) is 2.30. The maximum atomic E-state index is 12.7. The van der Waals surface area contributed by atoms with Crippen molar-refractivity contribution in [3.05, 3.63) is 71.3 Å². The smallest absolute Gasteiger partial charge is 0.335 e. The van der Waals surface area contributed by atoms with Crippen LogP contribution in [0.15, 0.2) is 54.6 Å². The highest BCUT2D eigenvalue weighted by molar-refractivity contribution is 5.94. The molecule has 140 valence electrons. The fourth-order valence-corrected chi connectivity index (χ4v) is 3.29. The molecule has 2 amide bonds. The van der Waals surface area contributed by atoms with E-state index in [1.807, 2.05) is 18.2 Å². The van der Waals surface area contributed by atoms with E-state index in [1.165, 1.54) is 6.07 Å². The Balaban J connectivity index is 1.63. The Hall–Kier alpha value is -3.15. The Labute approximate surface area is 158 Å². The van der Waals surface area contributed by atoms with Gasteiger partial charge < -0.3 is 14.9 Å². The highest BCUT2D eigenvalue weighted by Crippen LogP contribution is 2.14. The third kappa shape index (κ3) is 4.53. The summed E-state index contributed by atoms with van der Waals surface area (Å²) in [6.45, 7) is 2.09. The highest BCUT2D eigenvalue weighted by atomic mass is 16.4. The second-order valence-corrected chi connectivity index (χ2v) is 6.53. The van der Waals surface area contributed by atoms with Crippen LogP contribution in [0.5, 0.6) is 0 Å². The highest BCUT2D eigenvalue weighted by Gasteiger charge is 2.23. The lowest BCUT2D eigenvalue weighted by atomic mass is 10.0. The maximum absolute atomic E-state index is 12.7. The molecule has 0 saturated carbocycles. The van der Waals surface area contributed by atoms with E-state index in [1.54, 1.807) is 40.1 Å². The number of nitrogens with zero attached hydrogens (tertiary/aromatic N) is 2. The van der Waals surface area contributed by atoms with E-state index >= 15 is 0 Å². The molecule has 1 saturated heterocycles. The van der Waals surface area contributed by atoms with Crippen LogP contribution in [0, 0.1) is 0 Å². The zero-order chi connectivity index (χ0) is 19.2. The van der Waals surface area contributed by atoms with Crippen molar-refractivity contribution >= 4 is 17.8 Å². The summed E-state index contributed by atoms with van der Waals surface area (Å²) in [7, 11) is 0. The van der Waals surface area contributed by atoms with Gasteiger partial charge in [0.2, 0.25) is 5.91 Å². The second kappa shape index (κ2) is 8.49. The molecule has 1 N–H and O–H groups in total. The molecule has 0 radical (unpaired) electrons. The topological polar surface area (TPSA) is 77.9 Å². The van der Waals surface area contributed by atoms with Crippen molar-refractivity contribution in [1.82, 2.24) is 9.80 Å². The van der Waals surface area contributed by atoms with Crippen molar-refractivity contribution < 1.29 is 19.5 Å². The molecule has 0 spiro atoms. The molecular formula is C21H22N2O4. The molecule has 0 unspecified atom stereocenters. The van der Waals surface area contributed by atoms with E-state index in [9.17, 15) is 19.5 Å². The summed E-state index contributed by atoms with van der Waals surface area (Å²) in [5.41, 5.74) is 1.31. The van der Waals surface area contributed by atoms with Crippen molar-refractivity contribution in [2.75, 3.05) is 26.2 Å². The number of hydrogen-bond donors (Lipinski definition) is 1. The number of benzene rings is 2. The second-order valence-electron chi connectivity index (χ2n) is 6.53. The minimum absolute atomic E-state index is 0.0267. The van der Waals surface area contributed by atoms with Crippen LogP contribution >= 0.6 is 0 Å². The van der Waals surface area contributed by atoms with Gasteiger partial charge in [-0.1, -0.05) is 36.4 Å². The monoisotopic (exact) mass is 366 g/mol. The van der Waals surface area contributed by atoms with Gasteiger partial charge in [0.25, 0.3) is 5.91 Å². The molecule has 0 bridgehead atoms. The molecule has 1 aliphatic heterocycles. The SMILES string of the molecule is O=C(O)c1ccccc1CC(=O)N1CCCN(C(=O)c2ccccc2)CC1. The Morgan fingerprint density at radius 2 is 1.44 bits per heavy atom. The third-order valence-corrected chi connectivity index (χ3v) is 4.75. The molecule has 1 fully saturated rings. The Bertz CT molecular complexity index is 835. The molecule has 2 aromatic carbocycles. The molecule has 0 aliphatic carbocycles. The van der Waals surface area contributed by atoms with Gasteiger partial charge in [0.15, 0.2) is 0 Å². The number of hydrogen-bond acceptors (Lipinski definition) is 3. The zero-order valence-electron chi connectivity index (χ0n) is 15.0. The van der Waals surface area contributed by atoms with Crippen molar-refractivity contribution in [2.45, 2.75) is 12.8 Å². The Morgan fingerprint density at radius 1 is 0.815 bits per heavy atom. The quantitative estimate of drug-likeness (QED) is 0.901. The Morgan fingerprint density at radius 3 is 2.19 bits per heavy atom. The summed E-state index contributed by atoms with van der Waals surface area (Å²) >= 11 is 0. The summed E-state index contributed by atoms with van der Waals surface area (Å²) in [6.07, 6.45) is 0.750. The average molecular weight is 366 g/mol. The molecular weight excluding hydrogens is 344 g/mol. The summed E-state index contributed by atoms with van der Waals surface area (Å²) < 4.78 is 0. The molecule has 0 atom stereocenters. The number of carbonyl (C=O) groups excluding carboxylic acids is 2. The van der Waals surface area contributed by atoms with Crippen LogP contribution in [-0.2, 0) is 11.2 Å². The fraction of sp³-hybridized carbons (Fsp3) is 0.286. The minimum atomic E-state index is -1.03. The first-order chi connectivity index (χ1) is 13.1. The van der Waals surface area contributed by atoms with Gasteiger partial charge in [0, 0.05) is 31.7 Å². The van der Waals surface area contributed by atoms with Crippen molar-refractivity contribution in [3.8, 4) is 0 Å². The normalized spacial score (nSPS) is 14.5. The number of amides is 2. The van der Waals surface area contributed by atoms with Crippen LogP contribution in [0.4, 0.5) is 0 Å². The first-order valence-electron chi connectivity index (χ1n) is 8.99. The standard InChI is InChI=1S/C21H22N2O4/c24-19(15-17-9-4-5-10-18(17)21(26)27)22-11-6-12-23(14-13-22)20(25)16-7-2-1-3-8-16/h1-5,7-10H,6,11-15H2,(H,26,27). The van der Waals surface area contributed by atoms with Crippen molar-refractivity contribution in [2.24, 2.45) is 0 Å². The first kappa shape index (κ1) is 18.6. The van der Waals surface area contributed by atoms with Gasteiger partial charge in [0.05, 0.1) is 12.0 Å². The van der Waals surface area contributed by atoms with E-state index in [2.05, 4.69) is 0 Å². The number of carboxylic acid groups (broad SMARTS) is 1. The van der Waals surface area contributed by atoms with E-state index in [0.29, 0.717) is 43.7 Å². The predicted molar refractivity (Wildman–Crippen MR) is 101 cm³/mol. The molecule has 1 aliphatic rings. The summed E-state index contributed by atoms with van der Waals surface area (Å²) in [5.74, 6) is -1.17. The Kier molecular flexibility index (Phi) is 5.86. The van der Waals surface area contributed by atoms with Crippen LogP contribution < -0.4 is 0 Å². The molecule has 3 rings (SSSR count). The lowest BCUT2D eigenvalue weighted by Gasteiger charge is -2.22. The van der Waals surface area contributed by atoms with E-state index in [-0.39, 0.29) is 23.8 Å². The molecule has 2 aromatic rings. The number of carbonyl (C=O) groups is 3. The van der Waals surface area contributed by atoms with Gasteiger partial charge in [-0.3, -0.25) is 9.59 Å². The summed E-state index contributed by atoms with van der Waals surface area (Å²) in [4.78, 5) is 40.1. The van der Waals surface area contributed by atoms with Crippen molar-refractivity contribution in [1.29, 1.82) is 0 Å². The summed E-state index contributed by atoms with van der Waals surface area (Å²) in [6, 6.07) is 15.7. The van der Waals surface area contributed by atoms with Crippen LogP contribution in [0.25, 0.3) is 0 Å². The molecule has 0 aromatic heterocycles. The van der Waals surface area contributed by atoms with Gasteiger partial charge in [-0.25, -0.2) is 4.79 Å². The van der Waals surface area contributed by atoms with Crippen LogP contribution in [0.3, 0.4) is 0 Å².